The number of rotatable bonds is 2. The van der Waals surface area contributed by atoms with E-state index in [1.54, 1.807) is 6.92 Å². The Morgan fingerprint density at radius 1 is 1.17 bits per heavy atom. The average molecular weight is 254 g/mol. The summed E-state index contributed by atoms with van der Waals surface area (Å²) in [6.07, 6.45) is 3.61. The molecule has 0 radical (unpaired) electrons. The van der Waals surface area contributed by atoms with E-state index in [2.05, 4.69) is 0 Å². The highest BCUT2D eigenvalue weighted by Crippen LogP contribution is 2.21. The lowest BCUT2D eigenvalue weighted by Gasteiger charge is -2.39. The number of likely N-dealkylation sites (tertiary alicyclic amines) is 1. The molecule has 0 aromatic carbocycles. The molecule has 1 atom stereocenters. The van der Waals surface area contributed by atoms with Crippen molar-refractivity contribution in [3.8, 4) is 0 Å². The van der Waals surface area contributed by atoms with E-state index in [0.29, 0.717) is 32.7 Å². The first-order valence-electron chi connectivity index (χ1n) is 6.81. The number of urea groups is 1. The summed E-state index contributed by atoms with van der Waals surface area (Å²) in [5, 5.41) is 0. The Hall–Kier alpha value is -1.10. The van der Waals surface area contributed by atoms with Crippen molar-refractivity contribution >= 4 is 11.8 Å². The molecule has 1 unspecified atom stereocenters. The molecular weight excluding hydrogens is 232 g/mol. The van der Waals surface area contributed by atoms with Gasteiger partial charge in [0.05, 0.1) is 13.2 Å². The number of hydrogen-bond acceptors (Lipinski definition) is 3. The summed E-state index contributed by atoms with van der Waals surface area (Å²) in [5.74, 6) is 0.168. The molecule has 2 heterocycles. The predicted molar refractivity (Wildman–Crippen MR) is 67.4 cm³/mol. The molecule has 2 amide bonds. The lowest BCUT2D eigenvalue weighted by atomic mass is 9.98. The van der Waals surface area contributed by atoms with Crippen LogP contribution < -0.4 is 0 Å². The Labute approximate surface area is 108 Å². The highest BCUT2D eigenvalue weighted by atomic mass is 16.5. The molecule has 5 heteroatoms. The summed E-state index contributed by atoms with van der Waals surface area (Å²) in [6.45, 7) is 4.97. The molecule has 2 rings (SSSR count). The van der Waals surface area contributed by atoms with Crippen LogP contribution in [0.15, 0.2) is 0 Å². The first-order chi connectivity index (χ1) is 8.68. The smallest absolute Gasteiger partial charge is 0.320 e. The second kappa shape index (κ2) is 6.18. The van der Waals surface area contributed by atoms with Crippen molar-refractivity contribution in [2.45, 2.75) is 38.6 Å². The normalized spacial score (nSPS) is 25.1. The Morgan fingerprint density at radius 3 is 2.56 bits per heavy atom. The number of Topliss-reactive ketones (excluding diaryl/α,β-unsaturated/α-hetero) is 1. The van der Waals surface area contributed by atoms with Crippen LogP contribution in [-0.2, 0) is 9.53 Å². The average Bonchev–Trinajstić information content (AvgIpc) is 2.39. The van der Waals surface area contributed by atoms with Gasteiger partial charge in [0.25, 0.3) is 0 Å². The van der Waals surface area contributed by atoms with Gasteiger partial charge in [0.2, 0.25) is 0 Å². The maximum Gasteiger partial charge on any atom is 0.320 e. The standard InChI is InChI=1S/C13H22N2O3/c1-11(16)10-12-4-2-3-5-15(12)13(17)14-6-8-18-9-7-14/h12H,2-10H2,1H3. The van der Waals surface area contributed by atoms with Crippen LogP contribution in [0.2, 0.25) is 0 Å². The van der Waals surface area contributed by atoms with E-state index < -0.39 is 0 Å². The number of piperidine rings is 1. The van der Waals surface area contributed by atoms with Gasteiger partial charge in [0, 0.05) is 32.1 Å². The summed E-state index contributed by atoms with van der Waals surface area (Å²) >= 11 is 0. The van der Waals surface area contributed by atoms with E-state index in [-0.39, 0.29) is 17.9 Å². The zero-order valence-electron chi connectivity index (χ0n) is 11.1. The number of carbonyl (C=O) groups excluding carboxylic acids is 2. The van der Waals surface area contributed by atoms with Gasteiger partial charge in [-0.25, -0.2) is 4.79 Å². The molecular formula is C13H22N2O3. The molecule has 2 saturated heterocycles. The van der Waals surface area contributed by atoms with Gasteiger partial charge in [-0.1, -0.05) is 0 Å². The van der Waals surface area contributed by atoms with Crippen LogP contribution in [0.4, 0.5) is 4.79 Å². The van der Waals surface area contributed by atoms with Crippen molar-refractivity contribution < 1.29 is 14.3 Å². The summed E-state index contributed by atoms with van der Waals surface area (Å²) in [5.41, 5.74) is 0. The molecule has 0 spiro atoms. The number of hydrogen-bond donors (Lipinski definition) is 0. The molecule has 0 aromatic heterocycles. The number of nitrogens with zero attached hydrogens (tertiary/aromatic N) is 2. The fourth-order valence-electron chi connectivity index (χ4n) is 2.73. The molecule has 0 saturated carbocycles. The van der Waals surface area contributed by atoms with E-state index in [9.17, 15) is 9.59 Å². The van der Waals surface area contributed by atoms with E-state index in [0.717, 1.165) is 25.8 Å². The predicted octanol–water partition coefficient (Wildman–Crippen LogP) is 1.27. The fourth-order valence-corrected chi connectivity index (χ4v) is 2.73. The lowest BCUT2D eigenvalue weighted by Crippen LogP contribution is -2.53. The van der Waals surface area contributed by atoms with Crippen LogP contribution in [0.5, 0.6) is 0 Å². The Bertz CT molecular complexity index is 313. The zero-order valence-corrected chi connectivity index (χ0v) is 11.1. The SMILES string of the molecule is CC(=O)CC1CCCCN1C(=O)N1CCOCC1. The minimum atomic E-state index is 0.0873. The topological polar surface area (TPSA) is 49.9 Å². The van der Waals surface area contributed by atoms with Gasteiger partial charge in [-0.3, -0.25) is 4.79 Å². The van der Waals surface area contributed by atoms with Gasteiger partial charge in [0.15, 0.2) is 0 Å². The number of carbonyl (C=O) groups is 2. The van der Waals surface area contributed by atoms with Crippen LogP contribution in [0, 0.1) is 0 Å². The second-order valence-electron chi connectivity index (χ2n) is 5.13. The first kappa shape index (κ1) is 13.3. The van der Waals surface area contributed by atoms with Crippen molar-refractivity contribution in [2.75, 3.05) is 32.8 Å². The third kappa shape index (κ3) is 3.22. The van der Waals surface area contributed by atoms with Crippen LogP contribution in [0.1, 0.15) is 32.6 Å². The summed E-state index contributed by atoms with van der Waals surface area (Å²) in [4.78, 5) is 27.5. The quantitative estimate of drug-likeness (QED) is 0.745. The van der Waals surface area contributed by atoms with Crippen molar-refractivity contribution in [3.05, 3.63) is 0 Å². The maximum atomic E-state index is 12.4. The third-order valence-corrected chi connectivity index (χ3v) is 3.68. The number of amides is 2. The molecule has 0 N–H and O–H groups in total. The van der Waals surface area contributed by atoms with Crippen molar-refractivity contribution in [3.63, 3.8) is 0 Å². The third-order valence-electron chi connectivity index (χ3n) is 3.68. The Morgan fingerprint density at radius 2 is 1.89 bits per heavy atom. The fraction of sp³-hybridized carbons (Fsp3) is 0.846. The molecule has 5 nitrogen and oxygen atoms in total. The highest BCUT2D eigenvalue weighted by molar-refractivity contribution is 5.79. The summed E-state index contributed by atoms with van der Waals surface area (Å²) in [6, 6.07) is 0.191. The monoisotopic (exact) mass is 254 g/mol. The van der Waals surface area contributed by atoms with Crippen molar-refractivity contribution in [1.82, 2.24) is 9.80 Å². The van der Waals surface area contributed by atoms with E-state index >= 15 is 0 Å². The molecule has 2 aliphatic heterocycles. The second-order valence-corrected chi connectivity index (χ2v) is 5.13. The van der Waals surface area contributed by atoms with Gasteiger partial charge in [-0.2, -0.15) is 0 Å². The molecule has 2 fully saturated rings. The minimum Gasteiger partial charge on any atom is -0.378 e. The van der Waals surface area contributed by atoms with Gasteiger partial charge >= 0.3 is 6.03 Å². The molecule has 2 aliphatic rings. The minimum absolute atomic E-state index is 0.0873. The number of ether oxygens (including phenoxy) is 1. The molecule has 0 bridgehead atoms. The largest absolute Gasteiger partial charge is 0.378 e. The van der Waals surface area contributed by atoms with Crippen LogP contribution in [-0.4, -0.2) is 60.5 Å². The number of ketones is 1. The molecule has 18 heavy (non-hydrogen) atoms. The Kier molecular flexibility index (Phi) is 4.58. The summed E-state index contributed by atoms with van der Waals surface area (Å²) < 4.78 is 5.26. The van der Waals surface area contributed by atoms with Gasteiger partial charge in [-0.05, 0) is 26.2 Å². The van der Waals surface area contributed by atoms with Crippen LogP contribution in [0.3, 0.4) is 0 Å². The maximum absolute atomic E-state index is 12.4. The lowest BCUT2D eigenvalue weighted by molar-refractivity contribution is -0.118. The van der Waals surface area contributed by atoms with Gasteiger partial charge < -0.3 is 14.5 Å². The van der Waals surface area contributed by atoms with E-state index in [4.69, 9.17) is 4.74 Å². The number of morpholine rings is 1. The molecule has 0 aromatic rings. The Balaban J connectivity index is 1.98. The first-order valence-corrected chi connectivity index (χ1v) is 6.81. The summed E-state index contributed by atoms with van der Waals surface area (Å²) in [7, 11) is 0. The van der Waals surface area contributed by atoms with Crippen molar-refractivity contribution in [1.29, 1.82) is 0 Å². The zero-order chi connectivity index (χ0) is 13.0. The molecule has 102 valence electrons. The van der Waals surface area contributed by atoms with Gasteiger partial charge in [0.1, 0.15) is 5.78 Å². The van der Waals surface area contributed by atoms with Gasteiger partial charge in [-0.15, -0.1) is 0 Å². The van der Waals surface area contributed by atoms with E-state index in [1.807, 2.05) is 9.80 Å². The van der Waals surface area contributed by atoms with Crippen molar-refractivity contribution in [2.24, 2.45) is 0 Å². The van der Waals surface area contributed by atoms with Crippen LogP contribution in [0.25, 0.3) is 0 Å². The highest BCUT2D eigenvalue weighted by Gasteiger charge is 2.31. The van der Waals surface area contributed by atoms with E-state index in [1.165, 1.54) is 0 Å². The molecule has 0 aliphatic carbocycles. The van der Waals surface area contributed by atoms with Crippen LogP contribution >= 0.6 is 0 Å².